The average molecular weight is 259 g/mol. The summed E-state index contributed by atoms with van der Waals surface area (Å²) in [6.07, 6.45) is 1.88. The van der Waals surface area contributed by atoms with Gasteiger partial charge in [0.1, 0.15) is 5.54 Å². The van der Waals surface area contributed by atoms with Gasteiger partial charge in [-0.2, -0.15) is 0 Å². The molecule has 4 nitrogen and oxygen atoms in total. The molecule has 2 N–H and O–H groups in total. The minimum absolute atomic E-state index is 0.190. The second-order valence-electron chi connectivity index (χ2n) is 3.74. The van der Waals surface area contributed by atoms with Crippen molar-refractivity contribution in [1.82, 2.24) is 15.5 Å². The average Bonchev–Trinajstić information content (AvgIpc) is 2.82. The summed E-state index contributed by atoms with van der Waals surface area (Å²) in [6.45, 7) is 14.7. The van der Waals surface area contributed by atoms with Crippen molar-refractivity contribution in [3.05, 3.63) is 0 Å². The Kier molecular flexibility index (Phi) is 12.6. The zero-order valence-electron chi connectivity index (χ0n) is 13.4. The first-order valence-electron chi connectivity index (χ1n) is 7.45. The summed E-state index contributed by atoms with van der Waals surface area (Å²) in [5.41, 5.74) is -0.230. The molecule has 1 amide bonds. The highest BCUT2D eigenvalue weighted by atomic mass is 16.2. The summed E-state index contributed by atoms with van der Waals surface area (Å²) in [4.78, 5) is 13.7. The molecule has 0 aliphatic carbocycles. The van der Waals surface area contributed by atoms with E-state index in [-0.39, 0.29) is 11.4 Å². The maximum absolute atomic E-state index is 11.5. The van der Waals surface area contributed by atoms with Gasteiger partial charge in [-0.3, -0.25) is 10.1 Å². The highest BCUT2D eigenvalue weighted by Crippen LogP contribution is 2.23. The van der Waals surface area contributed by atoms with Crippen molar-refractivity contribution in [2.24, 2.45) is 0 Å². The molecule has 0 saturated carbocycles. The van der Waals surface area contributed by atoms with Crippen molar-refractivity contribution >= 4 is 5.91 Å². The molecule has 0 aromatic rings. The topological polar surface area (TPSA) is 44.4 Å². The van der Waals surface area contributed by atoms with Crippen LogP contribution in [-0.2, 0) is 4.79 Å². The molecule has 0 radical (unpaired) electrons. The van der Waals surface area contributed by atoms with E-state index in [2.05, 4.69) is 22.6 Å². The smallest absolute Gasteiger partial charge is 0.241 e. The molecule has 2 aliphatic rings. The van der Waals surface area contributed by atoms with E-state index in [4.69, 9.17) is 0 Å². The molecule has 1 spiro atoms. The SMILES string of the molecule is CC.CC.CC.CN1CCC2(CC1)NCNC2=O. The fourth-order valence-electron chi connectivity index (χ4n) is 1.95. The Bertz CT molecular complexity index is 199. The van der Waals surface area contributed by atoms with Gasteiger partial charge >= 0.3 is 0 Å². The van der Waals surface area contributed by atoms with Crippen LogP contribution in [0, 0.1) is 0 Å². The largest absolute Gasteiger partial charge is 0.342 e. The molecular weight excluding hydrogens is 226 g/mol. The second-order valence-corrected chi connectivity index (χ2v) is 3.74. The molecule has 2 aliphatic heterocycles. The number of hydrogen-bond donors (Lipinski definition) is 2. The molecular formula is C14H33N3O. The van der Waals surface area contributed by atoms with Crippen molar-refractivity contribution in [2.75, 3.05) is 26.8 Å². The third kappa shape index (κ3) is 5.36. The van der Waals surface area contributed by atoms with Crippen LogP contribution in [0.2, 0.25) is 0 Å². The third-order valence-corrected chi connectivity index (χ3v) is 2.95. The summed E-state index contributed by atoms with van der Waals surface area (Å²) in [7, 11) is 2.10. The number of hydrogen-bond acceptors (Lipinski definition) is 3. The summed E-state index contributed by atoms with van der Waals surface area (Å²) >= 11 is 0. The molecule has 2 rings (SSSR count). The van der Waals surface area contributed by atoms with Gasteiger partial charge in [0.05, 0.1) is 6.67 Å². The molecule has 110 valence electrons. The minimum Gasteiger partial charge on any atom is -0.342 e. The monoisotopic (exact) mass is 259 g/mol. The summed E-state index contributed by atoms with van der Waals surface area (Å²) in [5, 5.41) is 6.08. The van der Waals surface area contributed by atoms with Gasteiger partial charge in [0.25, 0.3) is 0 Å². The van der Waals surface area contributed by atoms with Crippen molar-refractivity contribution in [1.29, 1.82) is 0 Å². The van der Waals surface area contributed by atoms with Gasteiger partial charge in [-0.05, 0) is 19.9 Å². The van der Waals surface area contributed by atoms with Crippen molar-refractivity contribution in [3.63, 3.8) is 0 Å². The molecule has 0 atom stereocenters. The number of carbonyl (C=O) groups is 1. The lowest BCUT2D eigenvalue weighted by molar-refractivity contribution is -0.125. The van der Waals surface area contributed by atoms with E-state index in [1.165, 1.54) is 0 Å². The molecule has 0 aromatic carbocycles. The van der Waals surface area contributed by atoms with Crippen molar-refractivity contribution in [2.45, 2.75) is 59.9 Å². The summed E-state index contributed by atoms with van der Waals surface area (Å²) in [6, 6.07) is 0. The van der Waals surface area contributed by atoms with Crippen LogP contribution in [0.15, 0.2) is 0 Å². The highest BCUT2D eigenvalue weighted by molar-refractivity contribution is 5.88. The van der Waals surface area contributed by atoms with Crippen LogP contribution in [0.5, 0.6) is 0 Å². The quantitative estimate of drug-likeness (QED) is 0.701. The number of piperidine rings is 1. The first-order valence-corrected chi connectivity index (χ1v) is 7.45. The van der Waals surface area contributed by atoms with Crippen molar-refractivity contribution < 1.29 is 4.79 Å². The maximum atomic E-state index is 11.5. The third-order valence-electron chi connectivity index (χ3n) is 2.95. The van der Waals surface area contributed by atoms with Crippen LogP contribution in [0.3, 0.4) is 0 Å². The number of rotatable bonds is 0. The Morgan fingerprint density at radius 3 is 1.78 bits per heavy atom. The molecule has 0 aromatic heterocycles. The fraction of sp³-hybridized carbons (Fsp3) is 0.929. The van der Waals surface area contributed by atoms with E-state index in [9.17, 15) is 4.79 Å². The maximum Gasteiger partial charge on any atom is 0.241 e. The zero-order chi connectivity index (χ0) is 14.6. The van der Waals surface area contributed by atoms with Crippen LogP contribution in [0.1, 0.15) is 54.4 Å². The fourth-order valence-corrected chi connectivity index (χ4v) is 1.95. The van der Waals surface area contributed by atoms with Gasteiger partial charge in [0, 0.05) is 13.1 Å². The highest BCUT2D eigenvalue weighted by Gasteiger charge is 2.43. The van der Waals surface area contributed by atoms with Gasteiger partial charge < -0.3 is 10.2 Å². The standard InChI is InChI=1S/C8H15N3O.3C2H6/c1-11-4-2-8(3-5-11)7(12)9-6-10-8;3*1-2/h10H,2-6H2,1H3,(H,9,12);3*1-2H3. The van der Waals surface area contributed by atoms with E-state index in [1.807, 2.05) is 41.5 Å². The lowest BCUT2D eigenvalue weighted by Gasteiger charge is -2.35. The number of amides is 1. The van der Waals surface area contributed by atoms with Crippen LogP contribution < -0.4 is 10.6 Å². The van der Waals surface area contributed by atoms with Gasteiger partial charge in [-0.1, -0.05) is 41.5 Å². The molecule has 18 heavy (non-hydrogen) atoms. The first-order chi connectivity index (χ1) is 8.73. The Hall–Kier alpha value is -0.610. The Labute approximate surface area is 114 Å². The number of likely N-dealkylation sites (tertiary alicyclic amines) is 1. The van der Waals surface area contributed by atoms with E-state index in [1.54, 1.807) is 0 Å². The van der Waals surface area contributed by atoms with E-state index in [0.29, 0.717) is 6.67 Å². The number of nitrogens with one attached hydrogen (secondary N) is 2. The molecule has 2 heterocycles. The van der Waals surface area contributed by atoms with Crippen LogP contribution in [-0.4, -0.2) is 43.2 Å². The lowest BCUT2D eigenvalue weighted by Crippen LogP contribution is -2.53. The molecule has 2 fully saturated rings. The predicted molar refractivity (Wildman–Crippen MR) is 79.7 cm³/mol. The summed E-state index contributed by atoms with van der Waals surface area (Å²) in [5.74, 6) is 0.190. The molecule has 2 saturated heterocycles. The molecule has 0 unspecified atom stereocenters. The van der Waals surface area contributed by atoms with Gasteiger partial charge in [0.2, 0.25) is 5.91 Å². The normalized spacial score (nSPS) is 20.5. The Morgan fingerprint density at radius 1 is 1.00 bits per heavy atom. The van der Waals surface area contributed by atoms with Crippen LogP contribution >= 0.6 is 0 Å². The van der Waals surface area contributed by atoms with E-state index < -0.39 is 0 Å². The van der Waals surface area contributed by atoms with Gasteiger partial charge in [0.15, 0.2) is 0 Å². The molecule has 0 bridgehead atoms. The second kappa shape index (κ2) is 11.5. The number of nitrogens with zero attached hydrogens (tertiary/aromatic N) is 1. The lowest BCUT2D eigenvalue weighted by atomic mass is 9.88. The Morgan fingerprint density at radius 2 is 1.44 bits per heavy atom. The Balaban J connectivity index is 0. The van der Waals surface area contributed by atoms with Crippen molar-refractivity contribution in [3.8, 4) is 0 Å². The number of carbonyl (C=O) groups excluding carboxylic acids is 1. The zero-order valence-corrected chi connectivity index (χ0v) is 13.4. The minimum atomic E-state index is -0.230. The first kappa shape index (κ1) is 19.7. The summed E-state index contributed by atoms with van der Waals surface area (Å²) < 4.78 is 0. The van der Waals surface area contributed by atoms with Crippen LogP contribution in [0.25, 0.3) is 0 Å². The van der Waals surface area contributed by atoms with Gasteiger partial charge in [-0.25, -0.2) is 0 Å². The molecule has 4 heteroatoms. The van der Waals surface area contributed by atoms with Crippen LogP contribution in [0.4, 0.5) is 0 Å². The van der Waals surface area contributed by atoms with E-state index >= 15 is 0 Å². The van der Waals surface area contributed by atoms with Gasteiger partial charge in [-0.15, -0.1) is 0 Å². The van der Waals surface area contributed by atoms with E-state index in [0.717, 1.165) is 25.9 Å². The predicted octanol–water partition coefficient (Wildman–Crippen LogP) is 2.21.